The molecule has 0 saturated carbocycles. The van der Waals surface area contributed by atoms with Crippen LogP contribution >= 0.6 is 0 Å². The Morgan fingerprint density at radius 2 is 1.04 bits per heavy atom. The average Bonchev–Trinajstić information content (AvgIpc) is 3.55. The van der Waals surface area contributed by atoms with E-state index in [0.29, 0.717) is 26.2 Å². The summed E-state index contributed by atoms with van der Waals surface area (Å²) >= 11 is 0. The van der Waals surface area contributed by atoms with Crippen molar-refractivity contribution < 1.29 is 43.7 Å². The quantitative estimate of drug-likeness (QED) is 0.165. The Balaban J connectivity index is 1.21. The number of hydrogen-bond acceptors (Lipinski definition) is 10. The molecule has 10 nitrogen and oxygen atoms in total. The minimum Gasteiger partial charge on any atom is -0.391 e. The number of fused-ring (bicyclic) bond motifs is 1. The predicted octanol–water partition coefficient (Wildman–Crippen LogP) is 4.24. The van der Waals surface area contributed by atoms with Gasteiger partial charge in [0.1, 0.15) is 36.6 Å². The molecule has 0 bridgehead atoms. The van der Waals surface area contributed by atoms with Crippen molar-refractivity contribution in [2.24, 2.45) is 0 Å². The molecule has 0 aromatic heterocycles. The Bertz CT molecular complexity index is 1620. The van der Waals surface area contributed by atoms with Crippen molar-refractivity contribution in [3.05, 3.63) is 144 Å². The molecule has 3 aliphatic rings. The summed E-state index contributed by atoms with van der Waals surface area (Å²) in [6.07, 6.45) is -7.46. The largest absolute Gasteiger partial charge is 0.391 e. The fraction of sp³-hybridized carbons (Fsp3) is 0.429. The van der Waals surface area contributed by atoms with E-state index in [1.54, 1.807) is 0 Å². The molecular formula is C42H49NO9. The van der Waals surface area contributed by atoms with E-state index in [-0.39, 0.29) is 26.4 Å². The Labute approximate surface area is 305 Å². The van der Waals surface area contributed by atoms with Crippen molar-refractivity contribution in [3.63, 3.8) is 0 Å². The van der Waals surface area contributed by atoms with Crippen LogP contribution < -0.4 is 0 Å². The number of aliphatic hydroxyl groups is 3. The van der Waals surface area contributed by atoms with E-state index in [4.69, 9.17) is 28.4 Å². The number of ether oxygens (including phenoxy) is 6. The van der Waals surface area contributed by atoms with Gasteiger partial charge in [0.2, 0.25) is 0 Å². The van der Waals surface area contributed by atoms with Crippen LogP contribution in [-0.2, 0) is 54.8 Å². The number of nitrogens with zero attached hydrogens (tertiary/aromatic N) is 1. The maximum Gasteiger partial charge on any atom is 0.187 e. The third kappa shape index (κ3) is 9.15. The molecule has 0 unspecified atom stereocenters. The topological polar surface area (TPSA) is 119 Å². The number of piperidine rings is 1. The minimum atomic E-state index is -1.16. The van der Waals surface area contributed by atoms with Gasteiger partial charge in [0.15, 0.2) is 6.29 Å². The molecule has 3 N–H and O–H groups in total. The van der Waals surface area contributed by atoms with Gasteiger partial charge in [0.05, 0.1) is 51.3 Å². The van der Waals surface area contributed by atoms with E-state index in [2.05, 4.69) is 0 Å². The molecule has 3 aliphatic heterocycles. The lowest BCUT2D eigenvalue weighted by atomic mass is 9.92. The predicted molar refractivity (Wildman–Crippen MR) is 193 cm³/mol. The number of rotatable bonds is 15. The molecule has 0 radical (unpaired) electrons. The molecule has 0 spiro atoms. The summed E-state index contributed by atoms with van der Waals surface area (Å²) in [6.45, 7) is 2.14. The molecule has 0 amide bonds. The molecule has 0 aliphatic carbocycles. The Morgan fingerprint density at radius 3 is 1.58 bits per heavy atom. The molecule has 3 heterocycles. The average molecular weight is 712 g/mol. The van der Waals surface area contributed by atoms with Crippen LogP contribution in [0, 0.1) is 0 Å². The van der Waals surface area contributed by atoms with Crippen LogP contribution in [0.25, 0.3) is 0 Å². The zero-order valence-corrected chi connectivity index (χ0v) is 29.2. The number of hydrogen-bond donors (Lipinski definition) is 3. The van der Waals surface area contributed by atoms with E-state index < -0.39 is 61.2 Å². The highest BCUT2D eigenvalue weighted by molar-refractivity contribution is 5.16. The van der Waals surface area contributed by atoms with Crippen molar-refractivity contribution >= 4 is 0 Å². The standard InChI is InChI=1S/C42H49NO9/c44-33-21-22-43-23-34(45)38(37(46)36(33)43)52-42-41(50-27-32-19-11-4-12-20-32)40(49-26-31-17-9-3-10-18-31)39(48-25-30-15-7-2-8-16-30)35(51-42)28-47-24-29-13-5-1-6-14-29/h1-20,33-42,44-46H,21-28H2/t33-,34-,35+,36+,37+,38+,39+,40-,41+,42+/m0/s1. The molecule has 10 atom stereocenters. The summed E-state index contributed by atoms with van der Waals surface area (Å²) in [5.41, 5.74) is 3.92. The van der Waals surface area contributed by atoms with Gasteiger partial charge in [-0.1, -0.05) is 121 Å². The highest BCUT2D eigenvalue weighted by Crippen LogP contribution is 2.35. The van der Waals surface area contributed by atoms with Crippen LogP contribution in [0.4, 0.5) is 0 Å². The first-order valence-electron chi connectivity index (χ1n) is 18.2. The maximum absolute atomic E-state index is 11.6. The van der Waals surface area contributed by atoms with Crippen molar-refractivity contribution in [2.75, 3.05) is 19.7 Å². The summed E-state index contributed by atoms with van der Waals surface area (Å²) in [6, 6.07) is 39.0. The second-order valence-corrected chi connectivity index (χ2v) is 13.8. The summed E-state index contributed by atoms with van der Waals surface area (Å²) < 4.78 is 39.9. The van der Waals surface area contributed by atoms with E-state index in [1.807, 2.05) is 126 Å². The number of benzene rings is 4. The zero-order valence-electron chi connectivity index (χ0n) is 29.2. The third-order valence-electron chi connectivity index (χ3n) is 10.1. The molecule has 4 aromatic carbocycles. The van der Waals surface area contributed by atoms with Gasteiger partial charge >= 0.3 is 0 Å². The first-order chi connectivity index (χ1) is 25.5. The maximum atomic E-state index is 11.6. The normalized spacial score (nSPS) is 30.6. The monoisotopic (exact) mass is 711 g/mol. The zero-order chi connectivity index (χ0) is 35.7. The van der Waals surface area contributed by atoms with Crippen LogP contribution in [-0.4, -0.2) is 101 Å². The molecule has 52 heavy (non-hydrogen) atoms. The fourth-order valence-corrected chi connectivity index (χ4v) is 7.47. The van der Waals surface area contributed by atoms with E-state index in [1.165, 1.54) is 0 Å². The smallest absolute Gasteiger partial charge is 0.187 e. The molecule has 7 rings (SSSR count). The SMILES string of the molecule is O[C@H]1[C@H](O[C@H]2O[C@H](COCc3ccccc3)[C@@H](OCc3ccccc3)[C@H](OCc3ccccc3)[C@H]2OCc2ccccc2)[C@@H](O)CN2CC[C@H](O)[C@H]12. The molecule has 4 aromatic rings. The van der Waals surface area contributed by atoms with Crippen LogP contribution in [0.15, 0.2) is 121 Å². The van der Waals surface area contributed by atoms with Gasteiger partial charge in [-0.05, 0) is 28.7 Å². The summed E-state index contributed by atoms with van der Waals surface area (Å²) in [5.74, 6) is 0. The number of aliphatic hydroxyl groups excluding tert-OH is 3. The molecular weight excluding hydrogens is 662 g/mol. The van der Waals surface area contributed by atoms with Crippen LogP contribution in [0.2, 0.25) is 0 Å². The molecule has 3 saturated heterocycles. The first kappa shape index (κ1) is 36.8. The van der Waals surface area contributed by atoms with Gasteiger partial charge in [-0.3, -0.25) is 4.90 Å². The van der Waals surface area contributed by atoms with Crippen LogP contribution in [0.1, 0.15) is 28.7 Å². The Hall–Kier alpha value is -3.52. The van der Waals surface area contributed by atoms with Crippen molar-refractivity contribution in [2.45, 2.75) is 94.0 Å². The second-order valence-electron chi connectivity index (χ2n) is 13.8. The van der Waals surface area contributed by atoms with E-state index >= 15 is 0 Å². The summed E-state index contributed by atoms with van der Waals surface area (Å²) in [4.78, 5) is 1.92. The van der Waals surface area contributed by atoms with Crippen LogP contribution in [0.3, 0.4) is 0 Å². The highest BCUT2D eigenvalue weighted by atomic mass is 16.7. The first-order valence-corrected chi connectivity index (χ1v) is 18.2. The molecule has 3 fully saturated rings. The van der Waals surface area contributed by atoms with Gasteiger partial charge in [0.25, 0.3) is 0 Å². The minimum absolute atomic E-state index is 0.149. The van der Waals surface area contributed by atoms with Gasteiger partial charge in [-0.2, -0.15) is 0 Å². The second kappa shape index (κ2) is 18.0. The molecule has 276 valence electrons. The molecule has 10 heteroatoms. The lowest BCUT2D eigenvalue weighted by Gasteiger charge is -2.49. The lowest BCUT2D eigenvalue weighted by Crippen LogP contribution is -2.66. The van der Waals surface area contributed by atoms with Crippen molar-refractivity contribution in [1.82, 2.24) is 4.90 Å². The highest BCUT2D eigenvalue weighted by Gasteiger charge is 2.54. The third-order valence-corrected chi connectivity index (χ3v) is 10.1. The van der Waals surface area contributed by atoms with Gasteiger partial charge < -0.3 is 43.7 Å². The fourth-order valence-electron chi connectivity index (χ4n) is 7.47. The van der Waals surface area contributed by atoms with Gasteiger partial charge in [0, 0.05) is 13.1 Å². The Kier molecular flexibility index (Phi) is 12.7. The Morgan fingerprint density at radius 1 is 0.558 bits per heavy atom. The van der Waals surface area contributed by atoms with E-state index in [9.17, 15) is 15.3 Å². The summed E-state index contributed by atoms with van der Waals surface area (Å²) in [7, 11) is 0. The summed E-state index contributed by atoms with van der Waals surface area (Å²) in [5, 5.41) is 33.6. The van der Waals surface area contributed by atoms with E-state index in [0.717, 1.165) is 22.3 Å². The van der Waals surface area contributed by atoms with Gasteiger partial charge in [-0.15, -0.1) is 0 Å². The van der Waals surface area contributed by atoms with Crippen molar-refractivity contribution in [1.29, 1.82) is 0 Å². The van der Waals surface area contributed by atoms with Crippen molar-refractivity contribution in [3.8, 4) is 0 Å². The lowest BCUT2D eigenvalue weighted by molar-refractivity contribution is -0.349. The van der Waals surface area contributed by atoms with Crippen LogP contribution in [0.5, 0.6) is 0 Å². The van der Waals surface area contributed by atoms with Gasteiger partial charge in [-0.25, -0.2) is 0 Å².